The number of hydrogen-bond donors (Lipinski definition) is 1. The van der Waals surface area contributed by atoms with Crippen LogP contribution in [0.2, 0.25) is 0 Å². The highest BCUT2D eigenvalue weighted by molar-refractivity contribution is 5.81. The number of anilines is 1. The molecule has 3 aromatic rings. The van der Waals surface area contributed by atoms with E-state index in [0.29, 0.717) is 6.61 Å². The Kier molecular flexibility index (Phi) is 4.54. The zero-order chi connectivity index (χ0) is 19.9. The lowest BCUT2D eigenvalue weighted by molar-refractivity contribution is 0.105. The molecule has 0 amide bonds. The van der Waals surface area contributed by atoms with Gasteiger partial charge >= 0.3 is 0 Å². The van der Waals surface area contributed by atoms with Crippen LogP contribution >= 0.6 is 0 Å². The normalized spacial score (nSPS) is 13.9. The lowest BCUT2D eigenvalue weighted by Gasteiger charge is -2.36. The van der Waals surface area contributed by atoms with Crippen LogP contribution in [0.5, 0.6) is 11.5 Å². The first-order valence-corrected chi connectivity index (χ1v) is 9.72. The minimum absolute atomic E-state index is 0.429. The van der Waals surface area contributed by atoms with Gasteiger partial charge in [0, 0.05) is 29.9 Å². The maximum Gasteiger partial charge on any atom is 0.130 e. The number of nitrogens with one attached hydrogen (secondary N) is 1. The zero-order valence-electron chi connectivity index (χ0n) is 17.2. The van der Waals surface area contributed by atoms with Gasteiger partial charge in [-0.1, -0.05) is 30.3 Å². The Morgan fingerprint density at radius 2 is 1.64 bits per heavy atom. The summed E-state index contributed by atoms with van der Waals surface area (Å²) >= 11 is 0. The van der Waals surface area contributed by atoms with Crippen LogP contribution in [0.15, 0.2) is 54.6 Å². The van der Waals surface area contributed by atoms with Gasteiger partial charge in [-0.15, -0.1) is 0 Å². The maximum absolute atomic E-state index is 6.41. The van der Waals surface area contributed by atoms with Gasteiger partial charge in [0.25, 0.3) is 0 Å². The van der Waals surface area contributed by atoms with Crippen LogP contribution in [0.1, 0.15) is 36.1 Å². The van der Waals surface area contributed by atoms with Gasteiger partial charge in [0.15, 0.2) is 0 Å². The number of hydrogen-bond acceptors (Lipinski definition) is 3. The Hall–Kier alpha value is -2.94. The van der Waals surface area contributed by atoms with Crippen molar-refractivity contribution in [2.45, 2.75) is 39.9 Å². The molecule has 1 aliphatic rings. The number of aryl methyl sites for hydroxylation is 2. The largest absolute Gasteiger partial charge is 0.489 e. The molecule has 3 heteroatoms. The van der Waals surface area contributed by atoms with Crippen molar-refractivity contribution in [1.82, 2.24) is 0 Å². The van der Waals surface area contributed by atoms with Crippen molar-refractivity contribution < 1.29 is 9.47 Å². The minimum Gasteiger partial charge on any atom is -0.489 e. The summed E-state index contributed by atoms with van der Waals surface area (Å²) in [7, 11) is 1.94. The summed E-state index contributed by atoms with van der Waals surface area (Å²) in [6, 6.07) is 19.0. The Balaban J connectivity index is 1.76. The third kappa shape index (κ3) is 3.22. The van der Waals surface area contributed by atoms with E-state index in [4.69, 9.17) is 9.47 Å². The first-order chi connectivity index (χ1) is 13.4. The molecule has 0 radical (unpaired) electrons. The van der Waals surface area contributed by atoms with E-state index in [9.17, 15) is 0 Å². The van der Waals surface area contributed by atoms with Gasteiger partial charge in [-0.2, -0.15) is 0 Å². The molecule has 1 aliphatic heterocycles. The second-order valence-corrected chi connectivity index (χ2v) is 7.96. The molecule has 0 fully saturated rings. The smallest absolute Gasteiger partial charge is 0.130 e. The van der Waals surface area contributed by atoms with E-state index >= 15 is 0 Å². The van der Waals surface area contributed by atoms with Crippen molar-refractivity contribution in [2.24, 2.45) is 0 Å². The number of rotatable bonds is 4. The van der Waals surface area contributed by atoms with E-state index in [1.165, 1.54) is 11.1 Å². The fraction of sp³-hybridized carbons (Fsp3) is 0.280. The van der Waals surface area contributed by atoms with Gasteiger partial charge < -0.3 is 14.8 Å². The zero-order valence-corrected chi connectivity index (χ0v) is 17.2. The monoisotopic (exact) mass is 373 g/mol. The van der Waals surface area contributed by atoms with Crippen molar-refractivity contribution in [2.75, 3.05) is 12.4 Å². The standard InChI is InChI=1S/C25H27NO2/c1-16-11-20-19-12-17(2)23(27-15-18-9-7-6-8-10-18)13-21(19)25(3,4)28-24(20)14-22(16)26-5/h6-14,26H,15H2,1-5H3. The molecule has 0 unspecified atom stereocenters. The Morgan fingerprint density at radius 1 is 0.929 bits per heavy atom. The van der Waals surface area contributed by atoms with E-state index in [2.05, 4.69) is 69.4 Å². The van der Waals surface area contributed by atoms with Gasteiger partial charge in [0.1, 0.15) is 23.7 Å². The highest BCUT2D eigenvalue weighted by Crippen LogP contribution is 2.48. The van der Waals surface area contributed by atoms with E-state index in [1.54, 1.807) is 0 Å². The SMILES string of the molecule is CNc1cc2c(cc1C)-c1cc(C)c(OCc3ccccc3)cc1C(C)(C)O2. The molecule has 3 aromatic carbocycles. The van der Waals surface area contributed by atoms with Crippen LogP contribution in [0.3, 0.4) is 0 Å². The fourth-order valence-electron chi connectivity index (χ4n) is 3.88. The molecule has 1 heterocycles. The highest BCUT2D eigenvalue weighted by Gasteiger charge is 2.34. The lowest BCUT2D eigenvalue weighted by atomic mass is 9.84. The third-order valence-electron chi connectivity index (χ3n) is 5.45. The van der Waals surface area contributed by atoms with E-state index in [-0.39, 0.29) is 0 Å². The highest BCUT2D eigenvalue weighted by atomic mass is 16.5. The number of fused-ring (bicyclic) bond motifs is 3. The van der Waals surface area contributed by atoms with Crippen molar-refractivity contribution in [3.63, 3.8) is 0 Å². The number of benzene rings is 3. The van der Waals surface area contributed by atoms with Crippen LogP contribution in [0, 0.1) is 13.8 Å². The minimum atomic E-state index is -0.429. The molecule has 0 atom stereocenters. The van der Waals surface area contributed by atoms with E-state index in [0.717, 1.165) is 39.4 Å². The molecule has 0 aromatic heterocycles. The van der Waals surface area contributed by atoms with Gasteiger partial charge in [0.05, 0.1) is 0 Å². The topological polar surface area (TPSA) is 30.5 Å². The average molecular weight is 373 g/mol. The second-order valence-electron chi connectivity index (χ2n) is 7.96. The molecular formula is C25H27NO2. The predicted octanol–water partition coefficient (Wildman–Crippen LogP) is 6.22. The summed E-state index contributed by atoms with van der Waals surface area (Å²) < 4.78 is 12.6. The van der Waals surface area contributed by atoms with Crippen LogP contribution in [-0.4, -0.2) is 7.05 Å². The molecule has 28 heavy (non-hydrogen) atoms. The first-order valence-electron chi connectivity index (χ1n) is 9.72. The second kappa shape index (κ2) is 6.90. The Bertz CT molecular complexity index is 1020. The van der Waals surface area contributed by atoms with Crippen molar-refractivity contribution in [1.29, 1.82) is 0 Å². The molecule has 4 rings (SSSR count). The summed E-state index contributed by atoms with van der Waals surface area (Å²) in [5.41, 5.74) is 7.69. The summed E-state index contributed by atoms with van der Waals surface area (Å²) in [5.74, 6) is 1.83. The Morgan fingerprint density at radius 3 is 2.36 bits per heavy atom. The van der Waals surface area contributed by atoms with Gasteiger partial charge in [0.2, 0.25) is 0 Å². The molecule has 0 spiro atoms. The van der Waals surface area contributed by atoms with E-state index in [1.807, 2.05) is 25.2 Å². The molecule has 0 aliphatic carbocycles. The fourth-order valence-corrected chi connectivity index (χ4v) is 3.88. The summed E-state index contributed by atoms with van der Waals surface area (Å²) in [4.78, 5) is 0. The van der Waals surface area contributed by atoms with Gasteiger partial charge in [-0.05, 0) is 68.1 Å². The molecule has 3 nitrogen and oxygen atoms in total. The Labute approximate surface area is 167 Å². The quantitative estimate of drug-likeness (QED) is 0.589. The van der Waals surface area contributed by atoms with Crippen LogP contribution in [-0.2, 0) is 12.2 Å². The summed E-state index contributed by atoms with van der Waals surface area (Å²) in [6.45, 7) is 9.02. The van der Waals surface area contributed by atoms with Crippen molar-refractivity contribution >= 4 is 5.69 Å². The molecular weight excluding hydrogens is 346 g/mol. The average Bonchev–Trinajstić information content (AvgIpc) is 2.67. The van der Waals surface area contributed by atoms with E-state index < -0.39 is 5.60 Å². The van der Waals surface area contributed by atoms with Gasteiger partial charge in [-0.25, -0.2) is 0 Å². The molecule has 0 saturated heterocycles. The van der Waals surface area contributed by atoms with Crippen LogP contribution < -0.4 is 14.8 Å². The molecule has 0 saturated carbocycles. The van der Waals surface area contributed by atoms with Crippen molar-refractivity contribution in [3.8, 4) is 22.6 Å². The molecule has 1 N–H and O–H groups in total. The number of ether oxygens (including phenoxy) is 2. The third-order valence-corrected chi connectivity index (χ3v) is 5.45. The molecule has 0 bridgehead atoms. The summed E-state index contributed by atoms with van der Waals surface area (Å²) in [6.07, 6.45) is 0. The van der Waals surface area contributed by atoms with Crippen LogP contribution in [0.25, 0.3) is 11.1 Å². The lowest BCUT2D eigenvalue weighted by Crippen LogP contribution is -2.29. The molecule has 144 valence electrons. The maximum atomic E-state index is 6.41. The van der Waals surface area contributed by atoms with Crippen molar-refractivity contribution in [3.05, 3.63) is 76.9 Å². The predicted molar refractivity (Wildman–Crippen MR) is 115 cm³/mol. The summed E-state index contributed by atoms with van der Waals surface area (Å²) in [5, 5.41) is 3.25. The van der Waals surface area contributed by atoms with Crippen LogP contribution in [0.4, 0.5) is 5.69 Å². The van der Waals surface area contributed by atoms with Gasteiger partial charge in [-0.3, -0.25) is 0 Å². The first kappa shape index (κ1) is 18.4.